The summed E-state index contributed by atoms with van der Waals surface area (Å²) in [4.78, 5) is 27.7. The Kier molecular flexibility index (Phi) is 7.02. The van der Waals surface area contributed by atoms with Crippen LogP contribution >= 0.6 is 34.2 Å². The van der Waals surface area contributed by atoms with Gasteiger partial charge in [-0.15, -0.1) is 0 Å². The molecule has 4 aromatic carbocycles. The van der Waals surface area contributed by atoms with Gasteiger partial charge in [-0.05, 0) is 75.5 Å². The molecule has 1 aliphatic heterocycles. The van der Waals surface area contributed by atoms with E-state index in [1.165, 1.54) is 0 Å². The summed E-state index contributed by atoms with van der Waals surface area (Å²) >= 11 is 8.51. The minimum Gasteiger partial charge on any atom is -0.490 e. The fraction of sp³-hybridized carbons (Fsp3) is 0.206. The number of carbonyl (C=O) groups is 2. The zero-order chi connectivity index (χ0) is 29.0. The molecule has 8 rings (SSSR count). The fourth-order valence-electron chi connectivity index (χ4n) is 6.73. The maximum Gasteiger partial charge on any atom is 0.254 e. The number of carbonyl (C=O) groups excluding carboxylic acids is 2. The van der Waals surface area contributed by atoms with Gasteiger partial charge in [-0.2, -0.15) is 10.1 Å². The van der Waals surface area contributed by atoms with E-state index in [2.05, 4.69) is 52.0 Å². The van der Waals surface area contributed by atoms with Gasteiger partial charge in [-0.3, -0.25) is 9.59 Å². The Morgan fingerprint density at radius 3 is 1.93 bits per heavy atom. The van der Waals surface area contributed by atoms with E-state index in [1.807, 2.05) is 67.6 Å². The van der Waals surface area contributed by atoms with Gasteiger partial charge < -0.3 is 9.47 Å². The second-order valence-corrected chi connectivity index (χ2v) is 12.2. The first-order chi connectivity index (χ1) is 20.5. The maximum atomic E-state index is 13.9. The molecule has 0 aromatic heterocycles. The van der Waals surface area contributed by atoms with Gasteiger partial charge in [0.05, 0.1) is 28.2 Å². The Labute approximate surface area is 262 Å². The molecule has 0 unspecified atom stereocenters. The van der Waals surface area contributed by atoms with Crippen LogP contribution in [0.4, 0.5) is 0 Å². The largest absolute Gasteiger partial charge is 0.490 e. The molecule has 2 amide bonds. The lowest BCUT2D eigenvalue weighted by Gasteiger charge is -2.45. The number of hydrogen-bond donors (Lipinski definition) is 0. The highest BCUT2D eigenvalue weighted by molar-refractivity contribution is 14.1. The molecular formula is C34H26ClIN2O4. The summed E-state index contributed by atoms with van der Waals surface area (Å²) in [5.41, 5.74) is 6.11. The molecule has 0 N–H and O–H groups in total. The predicted octanol–water partition coefficient (Wildman–Crippen LogP) is 7.15. The van der Waals surface area contributed by atoms with Crippen LogP contribution in [0, 0.1) is 15.4 Å². The normalized spacial score (nSPS) is 21.8. The van der Waals surface area contributed by atoms with E-state index in [0.717, 1.165) is 36.4 Å². The second-order valence-electron chi connectivity index (χ2n) is 10.6. The highest BCUT2D eigenvalue weighted by Crippen LogP contribution is 2.61. The van der Waals surface area contributed by atoms with Crippen LogP contribution in [0.5, 0.6) is 11.5 Å². The van der Waals surface area contributed by atoms with Crippen molar-refractivity contribution in [3.05, 3.63) is 127 Å². The number of amides is 2. The molecule has 42 heavy (non-hydrogen) atoms. The number of halogens is 2. The lowest BCUT2D eigenvalue weighted by atomic mass is 9.55. The van der Waals surface area contributed by atoms with Crippen molar-refractivity contribution in [2.24, 2.45) is 16.9 Å². The van der Waals surface area contributed by atoms with Crippen molar-refractivity contribution >= 4 is 52.2 Å². The van der Waals surface area contributed by atoms with Crippen LogP contribution in [0.15, 0.2) is 90.0 Å². The summed E-state index contributed by atoms with van der Waals surface area (Å²) in [5.74, 6) is -0.614. The van der Waals surface area contributed by atoms with Gasteiger partial charge in [0, 0.05) is 22.4 Å². The Hall–Kier alpha value is -3.69. The summed E-state index contributed by atoms with van der Waals surface area (Å²) in [6, 6.07) is 27.6. The minimum absolute atomic E-state index is 0.163. The van der Waals surface area contributed by atoms with E-state index in [0.29, 0.717) is 28.7 Å². The van der Waals surface area contributed by atoms with Crippen LogP contribution in [0.1, 0.15) is 52.1 Å². The summed E-state index contributed by atoms with van der Waals surface area (Å²) in [6.07, 6.45) is 1.55. The van der Waals surface area contributed by atoms with Crippen LogP contribution in [0.2, 0.25) is 5.02 Å². The molecule has 2 bridgehead atoms. The van der Waals surface area contributed by atoms with E-state index < -0.39 is 11.8 Å². The predicted molar refractivity (Wildman–Crippen MR) is 169 cm³/mol. The molecule has 4 aliphatic rings. The number of hydrazone groups is 1. The zero-order valence-electron chi connectivity index (χ0n) is 22.7. The first kappa shape index (κ1) is 27.2. The van der Waals surface area contributed by atoms with Gasteiger partial charge in [0.15, 0.2) is 11.5 Å². The van der Waals surface area contributed by atoms with Gasteiger partial charge in [0.2, 0.25) is 0 Å². The first-order valence-corrected chi connectivity index (χ1v) is 15.4. The molecule has 210 valence electrons. The molecule has 8 heteroatoms. The highest BCUT2D eigenvalue weighted by atomic mass is 127. The third kappa shape index (κ3) is 4.32. The quantitative estimate of drug-likeness (QED) is 0.118. The van der Waals surface area contributed by atoms with E-state index in [4.69, 9.17) is 21.1 Å². The molecule has 0 radical (unpaired) electrons. The first-order valence-electron chi connectivity index (χ1n) is 13.9. The van der Waals surface area contributed by atoms with Crippen LogP contribution in [0.3, 0.4) is 0 Å². The number of ether oxygens (including phenoxy) is 2. The number of imide groups is 1. The average molecular weight is 689 g/mol. The summed E-state index contributed by atoms with van der Waals surface area (Å²) in [5, 5.41) is 6.19. The lowest BCUT2D eigenvalue weighted by Crippen LogP contribution is -2.41. The summed E-state index contributed by atoms with van der Waals surface area (Å²) in [6.45, 7) is 2.63. The molecule has 6 nitrogen and oxygen atoms in total. The third-order valence-electron chi connectivity index (χ3n) is 8.41. The molecule has 2 atom stereocenters. The number of nitrogens with zero attached hydrogens (tertiary/aromatic N) is 2. The van der Waals surface area contributed by atoms with Crippen molar-refractivity contribution in [2.45, 2.75) is 25.4 Å². The van der Waals surface area contributed by atoms with Crippen molar-refractivity contribution < 1.29 is 19.1 Å². The number of hydrogen-bond acceptors (Lipinski definition) is 5. The molecule has 1 fully saturated rings. The van der Waals surface area contributed by atoms with E-state index in [-0.39, 0.29) is 30.3 Å². The van der Waals surface area contributed by atoms with Crippen LogP contribution in [0.25, 0.3) is 0 Å². The molecule has 0 spiro atoms. The van der Waals surface area contributed by atoms with Gasteiger partial charge in [0.1, 0.15) is 6.61 Å². The van der Waals surface area contributed by atoms with Gasteiger partial charge in [-0.1, -0.05) is 78.3 Å². The van der Waals surface area contributed by atoms with Crippen molar-refractivity contribution in [1.29, 1.82) is 0 Å². The maximum absolute atomic E-state index is 13.9. The van der Waals surface area contributed by atoms with Crippen LogP contribution in [-0.4, -0.2) is 29.6 Å². The van der Waals surface area contributed by atoms with Crippen LogP contribution in [-0.2, 0) is 16.2 Å². The number of benzene rings is 4. The Bertz CT molecular complexity index is 1660. The summed E-state index contributed by atoms with van der Waals surface area (Å²) < 4.78 is 12.8. The monoisotopic (exact) mass is 688 g/mol. The van der Waals surface area contributed by atoms with Crippen molar-refractivity contribution in [1.82, 2.24) is 5.01 Å². The van der Waals surface area contributed by atoms with Gasteiger partial charge in [-0.25, -0.2) is 0 Å². The van der Waals surface area contributed by atoms with E-state index in [1.54, 1.807) is 6.21 Å². The van der Waals surface area contributed by atoms with E-state index in [9.17, 15) is 9.59 Å². The lowest BCUT2D eigenvalue weighted by molar-refractivity contribution is -0.139. The van der Waals surface area contributed by atoms with Gasteiger partial charge in [0.25, 0.3) is 11.8 Å². The van der Waals surface area contributed by atoms with Crippen LogP contribution < -0.4 is 9.47 Å². The standard InChI is InChI=1S/C34H26ClIN2O4/c1-2-41-27-16-19(15-26(36)32(27)42-18-20-9-3-8-14-25(20)35)17-37-38-33(39)30-28-21-10-4-5-11-22(21)29(31(30)34(38)40)24-13-7-6-12-23(24)28/h3-17,28-31H,2,18H2,1H3/b37-17-/t28?,29?,30-,31+. The molecule has 3 aliphatic carbocycles. The summed E-state index contributed by atoms with van der Waals surface area (Å²) in [7, 11) is 0. The second kappa shape index (κ2) is 10.9. The SMILES string of the molecule is CCOc1cc(/C=N\N2C(=O)[C@@H]3C4c5ccccc5C(c5ccccc54)[C@@H]3C2=O)cc(I)c1OCc1ccccc1Cl. The Morgan fingerprint density at radius 2 is 1.38 bits per heavy atom. The van der Waals surface area contributed by atoms with Crippen molar-refractivity contribution in [3.8, 4) is 11.5 Å². The third-order valence-corrected chi connectivity index (χ3v) is 9.58. The van der Waals surface area contributed by atoms with Gasteiger partial charge >= 0.3 is 0 Å². The zero-order valence-corrected chi connectivity index (χ0v) is 25.6. The molecule has 4 aromatic rings. The van der Waals surface area contributed by atoms with E-state index >= 15 is 0 Å². The average Bonchev–Trinajstić information content (AvgIpc) is 3.26. The van der Waals surface area contributed by atoms with Crippen molar-refractivity contribution in [2.75, 3.05) is 6.61 Å². The molecule has 1 heterocycles. The van der Waals surface area contributed by atoms with Crippen molar-refractivity contribution in [3.63, 3.8) is 0 Å². The Balaban J connectivity index is 1.19. The number of rotatable bonds is 7. The molecule has 1 saturated heterocycles. The fourth-order valence-corrected chi connectivity index (χ4v) is 7.70. The minimum atomic E-state index is -0.468. The molecule has 0 saturated carbocycles. The highest BCUT2D eigenvalue weighted by Gasteiger charge is 2.61. The Morgan fingerprint density at radius 1 is 0.833 bits per heavy atom. The molecular weight excluding hydrogens is 663 g/mol. The smallest absolute Gasteiger partial charge is 0.254 e. The topological polar surface area (TPSA) is 68.2 Å².